The van der Waals surface area contributed by atoms with E-state index in [1.165, 1.54) is 6.21 Å². The molecule has 6 nitrogen and oxygen atoms in total. The van der Waals surface area contributed by atoms with Crippen LogP contribution in [0.4, 0.5) is 0 Å². The third kappa shape index (κ3) is 5.95. The molecular weight excluding hydrogens is 428 g/mol. The zero-order chi connectivity index (χ0) is 23.1. The average Bonchev–Trinajstić information content (AvgIpc) is 2.80. The number of hydrogen-bond donors (Lipinski definition) is 1. The second-order valence-electron chi connectivity index (χ2n) is 7.45. The summed E-state index contributed by atoms with van der Waals surface area (Å²) in [6.45, 7) is 3.27. The first-order chi connectivity index (χ1) is 15.3. The number of nitrogens with one attached hydrogen (secondary N) is 1. The van der Waals surface area contributed by atoms with Crippen LogP contribution >= 0.6 is 11.6 Å². The fourth-order valence-electron chi connectivity index (χ4n) is 2.77. The second kappa shape index (κ2) is 10.1. The summed E-state index contributed by atoms with van der Waals surface area (Å²) in [4.78, 5) is 25.1. The summed E-state index contributed by atoms with van der Waals surface area (Å²) in [5.74, 6) is 0.653. The van der Waals surface area contributed by atoms with E-state index in [9.17, 15) is 9.59 Å². The summed E-state index contributed by atoms with van der Waals surface area (Å²) in [6, 6.07) is 20.6. The second-order valence-corrected chi connectivity index (χ2v) is 7.88. The molecule has 1 amide bonds. The zero-order valence-corrected chi connectivity index (χ0v) is 18.7. The Bertz CT molecular complexity index is 1110. The van der Waals surface area contributed by atoms with Crippen molar-refractivity contribution >= 4 is 29.5 Å². The Balaban J connectivity index is 1.59. The number of halogens is 1. The van der Waals surface area contributed by atoms with Crippen molar-refractivity contribution in [2.45, 2.75) is 19.4 Å². The SMILES string of the molecule is COc1ccc(/C=N/NC(=O)C(C)(C)Oc2ccc(C(=O)c3ccc(Cl)cc3)cc2)cc1. The van der Waals surface area contributed by atoms with Crippen molar-refractivity contribution in [2.24, 2.45) is 5.10 Å². The van der Waals surface area contributed by atoms with Crippen LogP contribution in [0.1, 0.15) is 35.3 Å². The van der Waals surface area contributed by atoms with Crippen LogP contribution in [0.3, 0.4) is 0 Å². The van der Waals surface area contributed by atoms with Crippen LogP contribution in [0.2, 0.25) is 5.02 Å². The highest BCUT2D eigenvalue weighted by Gasteiger charge is 2.30. The van der Waals surface area contributed by atoms with Gasteiger partial charge in [-0.25, -0.2) is 5.43 Å². The molecule has 3 aromatic rings. The van der Waals surface area contributed by atoms with Crippen molar-refractivity contribution in [3.8, 4) is 11.5 Å². The number of benzene rings is 3. The first-order valence-corrected chi connectivity index (χ1v) is 10.2. The molecule has 0 saturated heterocycles. The van der Waals surface area contributed by atoms with Gasteiger partial charge in [0.05, 0.1) is 13.3 Å². The van der Waals surface area contributed by atoms with Gasteiger partial charge >= 0.3 is 0 Å². The number of ether oxygens (including phenoxy) is 2. The maximum Gasteiger partial charge on any atom is 0.283 e. The van der Waals surface area contributed by atoms with Gasteiger partial charge in [0, 0.05) is 16.1 Å². The van der Waals surface area contributed by atoms with Crippen molar-refractivity contribution in [1.29, 1.82) is 0 Å². The largest absolute Gasteiger partial charge is 0.497 e. The third-order valence-corrected chi connectivity index (χ3v) is 4.89. The van der Waals surface area contributed by atoms with E-state index in [1.54, 1.807) is 81.6 Å². The highest BCUT2D eigenvalue weighted by atomic mass is 35.5. The van der Waals surface area contributed by atoms with Gasteiger partial charge < -0.3 is 9.47 Å². The van der Waals surface area contributed by atoms with E-state index in [2.05, 4.69) is 10.5 Å². The normalized spacial score (nSPS) is 11.2. The van der Waals surface area contributed by atoms with E-state index >= 15 is 0 Å². The Kier molecular flexibility index (Phi) is 7.28. The van der Waals surface area contributed by atoms with Crippen molar-refractivity contribution in [3.63, 3.8) is 0 Å². The van der Waals surface area contributed by atoms with Gasteiger partial charge in [-0.15, -0.1) is 0 Å². The molecule has 1 N–H and O–H groups in total. The molecule has 0 aliphatic rings. The van der Waals surface area contributed by atoms with Gasteiger partial charge in [0.25, 0.3) is 5.91 Å². The summed E-state index contributed by atoms with van der Waals surface area (Å²) in [6.07, 6.45) is 1.53. The lowest BCUT2D eigenvalue weighted by atomic mass is 10.0. The topological polar surface area (TPSA) is 77.0 Å². The Morgan fingerprint density at radius 3 is 1.97 bits per heavy atom. The molecule has 0 atom stereocenters. The number of ketones is 1. The molecule has 0 radical (unpaired) electrons. The van der Waals surface area contributed by atoms with E-state index in [0.717, 1.165) is 11.3 Å². The van der Waals surface area contributed by atoms with Crippen LogP contribution in [0, 0.1) is 0 Å². The van der Waals surface area contributed by atoms with Crippen LogP contribution in [-0.2, 0) is 4.79 Å². The maximum atomic E-state index is 12.6. The fourth-order valence-corrected chi connectivity index (χ4v) is 2.90. The number of methoxy groups -OCH3 is 1. The van der Waals surface area contributed by atoms with Gasteiger partial charge in [0.15, 0.2) is 11.4 Å². The van der Waals surface area contributed by atoms with Crippen LogP contribution in [0.5, 0.6) is 11.5 Å². The summed E-state index contributed by atoms with van der Waals surface area (Å²) < 4.78 is 10.9. The molecule has 0 aliphatic heterocycles. The van der Waals surface area contributed by atoms with Crippen LogP contribution in [0.25, 0.3) is 0 Å². The highest BCUT2D eigenvalue weighted by molar-refractivity contribution is 6.30. The summed E-state index contributed by atoms with van der Waals surface area (Å²) in [5.41, 5.74) is 3.16. The maximum absolute atomic E-state index is 12.6. The van der Waals surface area contributed by atoms with Crippen molar-refractivity contribution in [1.82, 2.24) is 5.43 Å². The Morgan fingerprint density at radius 1 is 0.875 bits per heavy atom. The molecule has 0 aromatic heterocycles. The number of amides is 1. The summed E-state index contributed by atoms with van der Waals surface area (Å²) in [7, 11) is 1.59. The fraction of sp³-hybridized carbons (Fsp3) is 0.160. The predicted octanol–water partition coefficient (Wildman–Crippen LogP) is 4.89. The molecule has 164 valence electrons. The van der Waals surface area contributed by atoms with Gasteiger partial charge in [0.2, 0.25) is 0 Å². The minimum absolute atomic E-state index is 0.127. The summed E-state index contributed by atoms with van der Waals surface area (Å²) >= 11 is 5.87. The first kappa shape index (κ1) is 23.0. The van der Waals surface area contributed by atoms with E-state index in [4.69, 9.17) is 21.1 Å². The molecule has 0 aliphatic carbocycles. The number of carbonyl (C=O) groups excluding carboxylic acids is 2. The minimum Gasteiger partial charge on any atom is -0.497 e. The number of carbonyl (C=O) groups is 2. The molecule has 0 unspecified atom stereocenters. The predicted molar refractivity (Wildman–Crippen MR) is 125 cm³/mol. The number of hydrogen-bond acceptors (Lipinski definition) is 5. The Morgan fingerprint density at radius 2 is 1.41 bits per heavy atom. The smallest absolute Gasteiger partial charge is 0.283 e. The molecule has 0 saturated carbocycles. The summed E-state index contributed by atoms with van der Waals surface area (Å²) in [5, 5.41) is 4.55. The van der Waals surface area contributed by atoms with Crippen molar-refractivity contribution in [2.75, 3.05) is 7.11 Å². The van der Waals surface area contributed by atoms with Gasteiger partial charge in [-0.05, 0) is 92.2 Å². The van der Waals surface area contributed by atoms with E-state index < -0.39 is 11.5 Å². The van der Waals surface area contributed by atoms with E-state index in [1.807, 2.05) is 12.1 Å². The lowest BCUT2D eigenvalue weighted by Crippen LogP contribution is -2.44. The van der Waals surface area contributed by atoms with E-state index in [0.29, 0.717) is 21.9 Å². The monoisotopic (exact) mass is 450 g/mol. The quantitative estimate of drug-likeness (QED) is 0.301. The zero-order valence-electron chi connectivity index (χ0n) is 18.0. The molecule has 0 heterocycles. The highest BCUT2D eigenvalue weighted by Crippen LogP contribution is 2.21. The van der Waals surface area contributed by atoms with Gasteiger partial charge in [-0.3, -0.25) is 9.59 Å². The molecule has 7 heteroatoms. The van der Waals surface area contributed by atoms with Crippen LogP contribution < -0.4 is 14.9 Å². The molecule has 3 aromatic carbocycles. The minimum atomic E-state index is -1.18. The number of nitrogens with zero attached hydrogens (tertiary/aromatic N) is 1. The van der Waals surface area contributed by atoms with Gasteiger partial charge in [-0.2, -0.15) is 5.10 Å². The lowest BCUT2D eigenvalue weighted by molar-refractivity contribution is -0.134. The molecule has 3 rings (SSSR count). The number of rotatable bonds is 8. The van der Waals surface area contributed by atoms with Crippen LogP contribution in [-0.4, -0.2) is 30.6 Å². The van der Waals surface area contributed by atoms with Crippen molar-refractivity contribution in [3.05, 3.63) is 94.5 Å². The Hall–Kier alpha value is -3.64. The lowest BCUT2D eigenvalue weighted by Gasteiger charge is -2.24. The number of hydrazone groups is 1. The molecule has 0 fully saturated rings. The standard InChI is InChI=1S/C25H23ClN2O4/c1-25(2,24(30)28-27-16-17-4-12-21(31-3)13-5-17)32-22-14-8-19(9-15-22)23(29)18-6-10-20(26)11-7-18/h4-16H,1-3H3,(H,28,30)/b27-16+. The average molecular weight is 451 g/mol. The first-order valence-electron chi connectivity index (χ1n) is 9.85. The van der Waals surface area contributed by atoms with Crippen LogP contribution in [0.15, 0.2) is 77.9 Å². The molecular formula is C25H23ClN2O4. The van der Waals surface area contributed by atoms with E-state index in [-0.39, 0.29) is 5.78 Å². The van der Waals surface area contributed by atoms with Gasteiger partial charge in [0.1, 0.15) is 11.5 Å². The Labute approximate surface area is 191 Å². The van der Waals surface area contributed by atoms with Crippen molar-refractivity contribution < 1.29 is 19.1 Å². The van der Waals surface area contributed by atoms with Gasteiger partial charge in [-0.1, -0.05) is 11.6 Å². The molecule has 0 bridgehead atoms. The molecule has 0 spiro atoms. The third-order valence-electron chi connectivity index (χ3n) is 4.64. The molecule has 32 heavy (non-hydrogen) atoms.